The fourth-order valence-electron chi connectivity index (χ4n) is 2.15. The van der Waals surface area contributed by atoms with Gasteiger partial charge < -0.3 is 9.84 Å². The number of hydrogen-bond donors (Lipinski definition) is 1. The summed E-state index contributed by atoms with van der Waals surface area (Å²) in [5, 5.41) is 8.74. The van der Waals surface area contributed by atoms with E-state index in [0.717, 1.165) is 12.8 Å². The lowest BCUT2D eigenvalue weighted by Crippen LogP contribution is -2.46. The summed E-state index contributed by atoms with van der Waals surface area (Å²) in [5.74, 6) is 0.462. The van der Waals surface area contributed by atoms with E-state index in [-0.39, 0.29) is 6.61 Å². The van der Waals surface area contributed by atoms with Gasteiger partial charge in [0.05, 0.1) is 0 Å². The Labute approximate surface area is 110 Å². The van der Waals surface area contributed by atoms with Gasteiger partial charge >= 0.3 is 0 Å². The van der Waals surface area contributed by atoms with Crippen molar-refractivity contribution in [1.82, 2.24) is 8.61 Å². The van der Waals surface area contributed by atoms with E-state index >= 15 is 0 Å². The molecular formula is C11H24N2O4S. The first-order valence-electron chi connectivity index (χ1n) is 6.33. The highest BCUT2D eigenvalue weighted by Crippen LogP contribution is 2.21. The van der Waals surface area contributed by atoms with Crippen molar-refractivity contribution in [3.8, 4) is 0 Å². The normalized spacial score (nSPS) is 19.6. The van der Waals surface area contributed by atoms with Gasteiger partial charge in [-0.3, -0.25) is 0 Å². The van der Waals surface area contributed by atoms with Crippen LogP contribution in [0.1, 0.15) is 19.3 Å². The van der Waals surface area contributed by atoms with Gasteiger partial charge in [0.2, 0.25) is 0 Å². The van der Waals surface area contributed by atoms with Crippen LogP contribution >= 0.6 is 0 Å². The molecule has 0 aromatic rings. The van der Waals surface area contributed by atoms with Gasteiger partial charge in [0.1, 0.15) is 0 Å². The van der Waals surface area contributed by atoms with Crippen molar-refractivity contribution >= 4 is 10.2 Å². The van der Waals surface area contributed by atoms with Gasteiger partial charge in [0.15, 0.2) is 0 Å². The van der Waals surface area contributed by atoms with Crippen LogP contribution in [-0.2, 0) is 14.9 Å². The summed E-state index contributed by atoms with van der Waals surface area (Å²) in [6, 6.07) is 0. The van der Waals surface area contributed by atoms with E-state index in [1.165, 1.54) is 8.61 Å². The first-order chi connectivity index (χ1) is 8.52. The number of aliphatic hydroxyl groups excluding tert-OH is 1. The third-order valence-corrected chi connectivity index (χ3v) is 5.32. The number of ether oxygens (including phenoxy) is 1. The molecule has 18 heavy (non-hydrogen) atoms. The number of rotatable bonds is 7. The maximum atomic E-state index is 12.2. The molecule has 0 radical (unpaired) electrons. The fourth-order valence-corrected chi connectivity index (χ4v) is 3.57. The molecule has 7 heteroatoms. The van der Waals surface area contributed by atoms with Gasteiger partial charge in [0, 0.05) is 47.0 Å². The summed E-state index contributed by atoms with van der Waals surface area (Å²) in [5.41, 5.74) is 0. The number of methoxy groups -OCH3 is 1. The molecule has 1 aliphatic rings. The van der Waals surface area contributed by atoms with Crippen LogP contribution in [0.15, 0.2) is 0 Å². The summed E-state index contributed by atoms with van der Waals surface area (Å²) in [6.45, 7) is 2.18. The van der Waals surface area contributed by atoms with Crippen molar-refractivity contribution in [3.05, 3.63) is 0 Å². The van der Waals surface area contributed by atoms with Crippen molar-refractivity contribution in [2.24, 2.45) is 5.92 Å². The molecule has 6 nitrogen and oxygen atoms in total. The van der Waals surface area contributed by atoms with E-state index in [4.69, 9.17) is 9.84 Å². The smallest absolute Gasteiger partial charge is 0.281 e. The van der Waals surface area contributed by atoms with E-state index in [9.17, 15) is 8.42 Å². The molecule has 0 spiro atoms. The Hall–Kier alpha value is -0.210. The standard InChI is InChI=1S/C11H24N2O4S/c1-12(6-3-9-14)18(15,16)13-7-4-11(5-8-13)10-17-2/h11,14H,3-10H2,1-2H3. The van der Waals surface area contributed by atoms with Crippen molar-refractivity contribution in [1.29, 1.82) is 0 Å². The first kappa shape index (κ1) is 15.8. The zero-order valence-corrected chi connectivity index (χ0v) is 12.0. The largest absolute Gasteiger partial charge is 0.396 e. The van der Waals surface area contributed by atoms with Crippen LogP contribution in [0, 0.1) is 5.92 Å². The summed E-state index contributed by atoms with van der Waals surface area (Å²) < 4.78 is 32.3. The molecule has 0 atom stereocenters. The van der Waals surface area contributed by atoms with Crippen molar-refractivity contribution < 1.29 is 18.3 Å². The SMILES string of the molecule is COCC1CCN(S(=O)(=O)N(C)CCCO)CC1. The summed E-state index contributed by atoms with van der Waals surface area (Å²) in [6.07, 6.45) is 2.16. The van der Waals surface area contributed by atoms with Gasteiger partial charge in [-0.1, -0.05) is 0 Å². The van der Waals surface area contributed by atoms with Crippen LogP contribution in [-0.4, -0.2) is 69.1 Å². The van der Waals surface area contributed by atoms with Crippen LogP contribution in [0.3, 0.4) is 0 Å². The lowest BCUT2D eigenvalue weighted by molar-refractivity contribution is 0.120. The topological polar surface area (TPSA) is 70.1 Å². The zero-order chi connectivity index (χ0) is 13.6. The van der Waals surface area contributed by atoms with E-state index < -0.39 is 10.2 Å². The highest BCUT2D eigenvalue weighted by Gasteiger charge is 2.30. The number of aliphatic hydroxyl groups is 1. The minimum atomic E-state index is -3.36. The van der Waals surface area contributed by atoms with Gasteiger partial charge in [-0.25, -0.2) is 0 Å². The molecule has 1 aliphatic heterocycles. The quantitative estimate of drug-likeness (QED) is 0.707. The first-order valence-corrected chi connectivity index (χ1v) is 7.73. The summed E-state index contributed by atoms with van der Waals surface area (Å²) >= 11 is 0. The van der Waals surface area contributed by atoms with Gasteiger partial charge in [-0.05, 0) is 25.2 Å². The molecular weight excluding hydrogens is 256 g/mol. The molecule has 1 rings (SSSR count). The Morgan fingerprint density at radius 2 is 2.00 bits per heavy atom. The molecule has 0 aliphatic carbocycles. The van der Waals surface area contributed by atoms with Crippen LogP contribution < -0.4 is 0 Å². The van der Waals surface area contributed by atoms with E-state index in [1.807, 2.05) is 0 Å². The molecule has 1 saturated heterocycles. The average molecular weight is 280 g/mol. The molecule has 1 heterocycles. The van der Waals surface area contributed by atoms with Gasteiger partial charge in [-0.15, -0.1) is 0 Å². The van der Waals surface area contributed by atoms with Crippen molar-refractivity contribution in [2.75, 3.05) is 47.0 Å². The Kier molecular flexibility index (Phi) is 6.51. The maximum absolute atomic E-state index is 12.2. The summed E-state index contributed by atoms with van der Waals surface area (Å²) in [7, 11) is -0.124. The van der Waals surface area contributed by atoms with E-state index in [1.54, 1.807) is 14.2 Å². The Bertz CT molecular complexity index is 326. The number of piperidine rings is 1. The number of nitrogens with zero attached hydrogens (tertiary/aromatic N) is 2. The van der Waals surface area contributed by atoms with Crippen molar-refractivity contribution in [2.45, 2.75) is 19.3 Å². The highest BCUT2D eigenvalue weighted by atomic mass is 32.2. The summed E-state index contributed by atoms with van der Waals surface area (Å²) in [4.78, 5) is 0. The lowest BCUT2D eigenvalue weighted by atomic mass is 9.99. The minimum absolute atomic E-state index is 0.00970. The number of hydrogen-bond acceptors (Lipinski definition) is 4. The predicted octanol–water partition coefficient (Wildman–Crippen LogP) is -0.0962. The lowest BCUT2D eigenvalue weighted by Gasteiger charge is -2.33. The van der Waals surface area contributed by atoms with Crippen LogP contribution in [0.5, 0.6) is 0 Å². The highest BCUT2D eigenvalue weighted by molar-refractivity contribution is 7.86. The molecule has 0 unspecified atom stereocenters. The monoisotopic (exact) mass is 280 g/mol. The minimum Gasteiger partial charge on any atom is -0.396 e. The second-order valence-electron chi connectivity index (χ2n) is 4.70. The molecule has 0 amide bonds. The Balaban J connectivity index is 2.49. The second kappa shape index (κ2) is 7.40. The molecule has 0 aromatic carbocycles. The maximum Gasteiger partial charge on any atom is 0.281 e. The van der Waals surface area contributed by atoms with Crippen molar-refractivity contribution in [3.63, 3.8) is 0 Å². The third kappa shape index (κ3) is 4.17. The van der Waals surface area contributed by atoms with E-state index in [2.05, 4.69) is 0 Å². The van der Waals surface area contributed by atoms with Crippen LogP contribution in [0.2, 0.25) is 0 Å². The molecule has 0 saturated carbocycles. The van der Waals surface area contributed by atoms with E-state index in [0.29, 0.717) is 38.6 Å². The van der Waals surface area contributed by atoms with Crippen LogP contribution in [0.25, 0.3) is 0 Å². The van der Waals surface area contributed by atoms with Gasteiger partial charge in [-0.2, -0.15) is 17.0 Å². The molecule has 108 valence electrons. The predicted molar refractivity (Wildman–Crippen MR) is 69.4 cm³/mol. The molecule has 1 N–H and O–H groups in total. The van der Waals surface area contributed by atoms with Gasteiger partial charge in [0.25, 0.3) is 10.2 Å². The second-order valence-corrected chi connectivity index (χ2v) is 6.74. The molecule has 1 fully saturated rings. The fraction of sp³-hybridized carbons (Fsp3) is 1.00. The Morgan fingerprint density at radius 3 is 2.50 bits per heavy atom. The molecule has 0 bridgehead atoms. The zero-order valence-electron chi connectivity index (χ0n) is 11.2. The Morgan fingerprint density at radius 1 is 1.39 bits per heavy atom. The van der Waals surface area contributed by atoms with Crippen LogP contribution in [0.4, 0.5) is 0 Å². The molecule has 0 aromatic heterocycles. The average Bonchev–Trinajstić information content (AvgIpc) is 2.37. The third-order valence-electron chi connectivity index (χ3n) is 3.33.